The van der Waals surface area contributed by atoms with Crippen molar-refractivity contribution in [3.05, 3.63) is 47.7 Å². The Balaban J connectivity index is 2.38. The Kier molecular flexibility index (Phi) is 2.77. The fourth-order valence-corrected chi connectivity index (χ4v) is 1.49. The van der Waals surface area contributed by atoms with Crippen molar-refractivity contribution in [3.8, 4) is 11.6 Å². The molecule has 3 nitrogen and oxygen atoms in total. The molecule has 0 amide bonds. The van der Waals surface area contributed by atoms with E-state index in [1.165, 1.54) is 0 Å². The molecule has 0 radical (unpaired) electrons. The molecule has 0 aliphatic carbocycles. The van der Waals surface area contributed by atoms with Gasteiger partial charge in [-0.15, -0.1) is 0 Å². The van der Waals surface area contributed by atoms with Crippen LogP contribution in [0.2, 0.25) is 0 Å². The average Bonchev–Trinajstić information content (AvgIpc) is 2.26. The van der Waals surface area contributed by atoms with Gasteiger partial charge >= 0.3 is 0 Å². The molecular formula is C13H14N2O. The lowest BCUT2D eigenvalue weighted by atomic mass is 10.2. The molecule has 0 aliphatic rings. The Labute approximate surface area is 94.9 Å². The predicted octanol–water partition coefficient (Wildman–Crippen LogP) is 3.07. The first kappa shape index (κ1) is 10.5. The van der Waals surface area contributed by atoms with E-state index < -0.39 is 0 Å². The number of hydrogen-bond donors (Lipinski definition) is 1. The lowest BCUT2D eigenvalue weighted by molar-refractivity contribution is 0.458. The van der Waals surface area contributed by atoms with Crippen LogP contribution in [0.25, 0.3) is 0 Å². The molecule has 2 rings (SSSR count). The number of nitrogen functional groups attached to an aromatic ring is 1. The van der Waals surface area contributed by atoms with Crippen LogP contribution in [0.3, 0.4) is 0 Å². The van der Waals surface area contributed by atoms with E-state index in [0.717, 1.165) is 11.1 Å². The van der Waals surface area contributed by atoms with Crippen LogP contribution in [0.4, 0.5) is 5.69 Å². The minimum Gasteiger partial charge on any atom is -0.436 e. The molecule has 1 aromatic heterocycles. The number of rotatable bonds is 2. The zero-order valence-corrected chi connectivity index (χ0v) is 9.40. The molecule has 0 spiro atoms. The largest absolute Gasteiger partial charge is 0.436 e. The number of benzene rings is 1. The molecule has 0 atom stereocenters. The van der Waals surface area contributed by atoms with Crippen molar-refractivity contribution in [2.45, 2.75) is 13.8 Å². The van der Waals surface area contributed by atoms with E-state index >= 15 is 0 Å². The lowest BCUT2D eigenvalue weighted by Gasteiger charge is -2.11. The van der Waals surface area contributed by atoms with Gasteiger partial charge in [0.25, 0.3) is 0 Å². The summed E-state index contributed by atoms with van der Waals surface area (Å²) in [7, 11) is 0. The van der Waals surface area contributed by atoms with Gasteiger partial charge in [-0.2, -0.15) is 0 Å². The number of aromatic nitrogens is 1. The monoisotopic (exact) mass is 214 g/mol. The van der Waals surface area contributed by atoms with Gasteiger partial charge in [0, 0.05) is 11.8 Å². The van der Waals surface area contributed by atoms with E-state index in [1.807, 2.05) is 44.2 Å². The van der Waals surface area contributed by atoms with Gasteiger partial charge in [0.2, 0.25) is 5.88 Å². The third-order valence-electron chi connectivity index (χ3n) is 2.40. The highest BCUT2D eigenvalue weighted by molar-refractivity contribution is 5.57. The highest BCUT2D eigenvalue weighted by Crippen LogP contribution is 2.30. The van der Waals surface area contributed by atoms with E-state index in [4.69, 9.17) is 10.5 Å². The SMILES string of the molecule is Cc1cccnc1Oc1c(C)cccc1N. The highest BCUT2D eigenvalue weighted by Gasteiger charge is 2.07. The smallest absolute Gasteiger partial charge is 0.222 e. The summed E-state index contributed by atoms with van der Waals surface area (Å²) in [6.45, 7) is 3.92. The second-order valence-electron chi connectivity index (χ2n) is 3.72. The fraction of sp³-hybridized carbons (Fsp3) is 0.154. The van der Waals surface area contributed by atoms with Crippen molar-refractivity contribution in [2.75, 3.05) is 5.73 Å². The van der Waals surface area contributed by atoms with Crippen LogP contribution in [0.1, 0.15) is 11.1 Å². The van der Waals surface area contributed by atoms with Crippen LogP contribution < -0.4 is 10.5 Å². The zero-order chi connectivity index (χ0) is 11.5. The van der Waals surface area contributed by atoms with E-state index in [-0.39, 0.29) is 0 Å². The number of pyridine rings is 1. The molecule has 0 bridgehead atoms. The van der Waals surface area contributed by atoms with Gasteiger partial charge in [-0.3, -0.25) is 0 Å². The Morgan fingerprint density at radius 1 is 1.06 bits per heavy atom. The third kappa shape index (κ3) is 1.98. The minimum atomic E-state index is 0.600. The molecule has 3 heteroatoms. The van der Waals surface area contributed by atoms with Crippen molar-refractivity contribution < 1.29 is 4.74 Å². The highest BCUT2D eigenvalue weighted by atomic mass is 16.5. The molecule has 0 aliphatic heterocycles. The molecule has 2 aromatic rings. The summed E-state index contributed by atoms with van der Waals surface area (Å²) < 4.78 is 5.73. The predicted molar refractivity (Wildman–Crippen MR) is 64.6 cm³/mol. The number of para-hydroxylation sites is 1. The summed E-state index contributed by atoms with van der Waals surface area (Å²) in [4.78, 5) is 4.18. The number of aryl methyl sites for hydroxylation is 2. The van der Waals surface area contributed by atoms with Crippen molar-refractivity contribution in [1.29, 1.82) is 0 Å². The number of anilines is 1. The minimum absolute atomic E-state index is 0.600. The van der Waals surface area contributed by atoms with Gasteiger partial charge in [0.15, 0.2) is 5.75 Å². The van der Waals surface area contributed by atoms with Gasteiger partial charge in [0.1, 0.15) is 0 Å². The quantitative estimate of drug-likeness (QED) is 0.781. The van der Waals surface area contributed by atoms with Crippen molar-refractivity contribution >= 4 is 5.69 Å². The first-order valence-electron chi connectivity index (χ1n) is 5.13. The van der Waals surface area contributed by atoms with Gasteiger partial charge in [-0.1, -0.05) is 18.2 Å². The fourth-order valence-electron chi connectivity index (χ4n) is 1.49. The molecule has 2 N–H and O–H groups in total. The normalized spacial score (nSPS) is 10.1. The maximum absolute atomic E-state index is 5.87. The van der Waals surface area contributed by atoms with Crippen molar-refractivity contribution in [1.82, 2.24) is 4.98 Å². The second-order valence-corrected chi connectivity index (χ2v) is 3.72. The topological polar surface area (TPSA) is 48.1 Å². The number of nitrogens with two attached hydrogens (primary N) is 1. The van der Waals surface area contributed by atoms with Crippen molar-refractivity contribution in [3.63, 3.8) is 0 Å². The maximum atomic E-state index is 5.87. The number of hydrogen-bond acceptors (Lipinski definition) is 3. The summed E-state index contributed by atoms with van der Waals surface area (Å²) in [5.41, 5.74) is 8.49. The average molecular weight is 214 g/mol. The Morgan fingerprint density at radius 3 is 2.50 bits per heavy atom. The van der Waals surface area contributed by atoms with Crippen molar-refractivity contribution in [2.24, 2.45) is 0 Å². The molecule has 16 heavy (non-hydrogen) atoms. The third-order valence-corrected chi connectivity index (χ3v) is 2.40. The van der Waals surface area contributed by atoms with Gasteiger partial charge < -0.3 is 10.5 Å². The molecular weight excluding hydrogens is 200 g/mol. The molecule has 82 valence electrons. The zero-order valence-electron chi connectivity index (χ0n) is 9.40. The van der Waals surface area contributed by atoms with E-state index in [0.29, 0.717) is 17.3 Å². The standard InChI is InChI=1S/C13H14N2O/c1-9-5-3-7-11(14)12(9)16-13-10(2)6-4-8-15-13/h3-8H,14H2,1-2H3. The maximum Gasteiger partial charge on any atom is 0.222 e. The van der Waals surface area contributed by atoms with Crippen LogP contribution in [-0.4, -0.2) is 4.98 Å². The summed E-state index contributed by atoms with van der Waals surface area (Å²) in [6.07, 6.45) is 1.71. The first-order valence-corrected chi connectivity index (χ1v) is 5.13. The Bertz CT molecular complexity index is 489. The Morgan fingerprint density at radius 2 is 1.81 bits per heavy atom. The molecule has 0 saturated heterocycles. The van der Waals surface area contributed by atoms with E-state index in [2.05, 4.69) is 4.98 Å². The summed E-state index contributed by atoms with van der Waals surface area (Å²) in [5, 5.41) is 0. The van der Waals surface area contributed by atoms with Crippen LogP contribution in [0, 0.1) is 13.8 Å². The first-order chi connectivity index (χ1) is 7.68. The molecule has 1 aromatic carbocycles. The summed E-state index contributed by atoms with van der Waals surface area (Å²) in [5.74, 6) is 1.29. The molecule has 0 saturated carbocycles. The molecule has 1 heterocycles. The van der Waals surface area contributed by atoms with Crippen LogP contribution in [0.5, 0.6) is 11.6 Å². The van der Waals surface area contributed by atoms with Gasteiger partial charge in [-0.05, 0) is 31.5 Å². The second kappa shape index (κ2) is 4.23. The summed E-state index contributed by atoms with van der Waals surface area (Å²) in [6, 6.07) is 9.52. The lowest BCUT2D eigenvalue weighted by Crippen LogP contribution is -1.96. The molecule has 0 fully saturated rings. The van der Waals surface area contributed by atoms with Gasteiger partial charge in [-0.25, -0.2) is 4.98 Å². The van der Waals surface area contributed by atoms with E-state index in [1.54, 1.807) is 6.20 Å². The number of nitrogens with zero attached hydrogens (tertiary/aromatic N) is 1. The number of ether oxygens (including phenoxy) is 1. The molecule has 0 unspecified atom stereocenters. The Hall–Kier alpha value is -2.03. The van der Waals surface area contributed by atoms with Crippen LogP contribution >= 0.6 is 0 Å². The van der Waals surface area contributed by atoms with Crippen LogP contribution in [0.15, 0.2) is 36.5 Å². The summed E-state index contributed by atoms with van der Waals surface area (Å²) >= 11 is 0. The van der Waals surface area contributed by atoms with E-state index in [9.17, 15) is 0 Å². The van der Waals surface area contributed by atoms with Crippen LogP contribution in [-0.2, 0) is 0 Å². The van der Waals surface area contributed by atoms with Gasteiger partial charge in [0.05, 0.1) is 5.69 Å².